The van der Waals surface area contributed by atoms with E-state index in [2.05, 4.69) is 10.6 Å². The number of carboxylic acids is 1. The van der Waals surface area contributed by atoms with Crippen molar-refractivity contribution < 1.29 is 14.7 Å². The van der Waals surface area contributed by atoms with Crippen LogP contribution in [-0.4, -0.2) is 40.7 Å². The zero-order chi connectivity index (χ0) is 12.1. The molecule has 2 unspecified atom stereocenters. The van der Waals surface area contributed by atoms with Crippen LogP contribution in [0.15, 0.2) is 0 Å². The lowest BCUT2D eigenvalue weighted by atomic mass is 9.99. The van der Waals surface area contributed by atoms with Gasteiger partial charge in [-0.2, -0.15) is 0 Å². The Bertz CT molecular complexity index is 267. The minimum atomic E-state index is -0.964. The van der Waals surface area contributed by atoms with Crippen LogP contribution in [0.1, 0.15) is 20.3 Å². The summed E-state index contributed by atoms with van der Waals surface area (Å²) >= 11 is 1.64. The van der Waals surface area contributed by atoms with E-state index in [4.69, 9.17) is 5.11 Å². The normalized spacial score (nSPS) is 23.8. The van der Waals surface area contributed by atoms with Crippen molar-refractivity contribution in [3.05, 3.63) is 0 Å². The average molecular weight is 246 g/mol. The van der Waals surface area contributed by atoms with Gasteiger partial charge in [-0.1, -0.05) is 20.3 Å². The Hall–Kier alpha value is -0.750. The molecule has 0 aromatic heterocycles. The van der Waals surface area contributed by atoms with E-state index < -0.39 is 12.0 Å². The van der Waals surface area contributed by atoms with E-state index in [1.54, 1.807) is 11.8 Å². The van der Waals surface area contributed by atoms with Gasteiger partial charge in [-0.05, 0) is 5.92 Å². The molecule has 0 aromatic carbocycles. The molecule has 0 spiro atoms. The summed E-state index contributed by atoms with van der Waals surface area (Å²) in [5.41, 5.74) is 0. The van der Waals surface area contributed by atoms with Crippen molar-refractivity contribution in [1.82, 2.24) is 10.6 Å². The Morgan fingerprint density at radius 1 is 1.62 bits per heavy atom. The second-order valence-corrected chi connectivity index (χ2v) is 5.01. The molecule has 1 fully saturated rings. The minimum absolute atomic E-state index is 0.0597. The van der Waals surface area contributed by atoms with Gasteiger partial charge in [-0.25, -0.2) is 4.79 Å². The molecule has 3 N–H and O–H groups in total. The third kappa shape index (κ3) is 3.38. The van der Waals surface area contributed by atoms with Crippen molar-refractivity contribution in [2.75, 3.05) is 11.6 Å². The second-order valence-electron chi connectivity index (χ2n) is 3.98. The number of amides is 1. The van der Waals surface area contributed by atoms with E-state index >= 15 is 0 Å². The van der Waals surface area contributed by atoms with Gasteiger partial charge < -0.3 is 10.4 Å². The van der Waals surface area contributed by atoms with Crippen molar-refractivity contribution in [1.29, 1.82) is 0 Å². The highest BCUT2D eigenvalue weighted by molar-refractivity contribution is 7.99. The first kappa shape index (κ1) is 13.3. The smallest absolute Gasteiger partial charge is 0.326 e. The lowest BCUT2D eigenvalue weighted by Gasteiger charge is -2.21. The van der Waals surface area contributed by atoms with Gasteiger partial charge in [0.1, 0.15) is 6.04 Å². The summed E-state index contributed by atoms with van der Waals surface area (Å²) < 4.78 is 0. The van der Waals surface area contributed by atoms with Crippen LogP contribution in [0.5, 0.6) is 0 Å². The van der Waals surface area contributed by atoms with Crippen molar-refractivity contribution in [3.63, 3.8) is 0 Å². The van der Waals surface area contributed by atoms with Gasteiger partial charge in [0, 0.05) is 11.6 Å². The Labute approximate surface area is 99.4 Å². The lowest BCUT2D eigenvalue weighted by molar-refractivity contribution is -0.143. The molecule has 3 atom stereocenters. The minimum Gasteiger partial charge on any atom is -0.480 e. The third-order valence-electron chi connectivity index (χ3n) is 2.81. The van der Waals surface area contributed by atoms with Gasteiger partial charge in [0.25, 0.3) is 0 Å². The molecule has 0 bridgehead atoms. The molecule has 1 aliphatic rings. The summed E-state index contributed by atoms with van der Waals surface area (Å²) in [5.74, 6) is 0.222. The topological polar surface area (TPSA) is 78.4 Å². The fourth-order valence-electron chi connectivity index (χ4n) is 1.50. The molecule has 0 saturated carbocycles. The van der Waals surface area contributed by atoms with Crippen LogP contribution in [0.25, 0.3) is 0 Å². The second kappa shape index (κ2) is 6.10. The molecular weight excluding hydrogens is 228 g/mol. The highest BCUT2D eigenvalue weighted by Crippen LogP contribution is 2.12. The van der Waals surface area contributed by atoms with Crippen LogP contribution < -0.4 is 10.6 Å². The number of rotatable bonds is 5. The maximum absolute atomic E-state index is 11.7. The summed E-state index contributed by atoms with van der Waals surface area (Å²) in [6, 6.07) is -1.04. The first-order valence-electron chi connectivity index (χ1n) is 5.40. The van der Waals surface area contributed by atoms with Crippen molar-refractivity contribution >= 4 is 23.6 Å². The summed E-state index contributed by atoms with van der Waals surface area (Å²) in [7, 11) is 0. The SMILES string of the molecule is CCC(C)[C@H](NC(=O)C1CSCN1)C(=O)O. The number of thioether (sulfide) groups is 1. The van der Waals surface area contributed by atoms with E-state index in [1.165, 1.54) is 0 Å². The molecule has 5 nitrogen and oxygen atoms in total. The van der Waals surface area contributed by atoms with E-state index in [-0.39, 0.29) is 17.9 Å². The Kier molecular flexibility index (Phi) is 5.08. The molecule has 16 heavy (non-hydrogen) atoms. The molecule has 92 valence electrons. The van der Waals surface area contributed by atoms with Gasteiger partial charge in [0.15, 0.2) is 0 Å². The predicted octanol–water partition coefficient (Wildman–Crippen LogP) is 0.264. The third-order valence-corrected chi connectivity index (χ3v) is 3.75. The molecular formula is C10H18N2O3S. The summed E-state index contributed by atoms with van der Waals surface area (Å²) in [4.78, 5) is 22.7. The van der Waals surface area contributed by atoms with E-state index in [0.717, 1.165) is 12.3 Å². The fraction of sp³-hybridized carbons (Fsp3) is 0.800. The zero-order valence-corrected chi connectivity index (χ0v) is 10.3. The number of hydrogen-bond acceptors (Lipinski definition) is 4. The number of carboxylic acid groups (broad SMARTS) is 1. The standard InChI is InChI=1S/C10H18N2O3S/c1-3-6(2)8(10(14)15)12-9(13)7-4-16-5-11-7/h6-8,11H,3-5H2,1-2H3,(H,12,13)(H,14,15)/t6?,7?,8-/m0/s1. The number of nitrogens with one attached hydrogen (secondary N) is 2. The van der Waals surface area contributed by atoms with Crippen molar-refractivity contribution in [3.8, 4) is 0 Å². The maximum Gasteiger partial charge on any atom is 0.326 e. The fourth-order valence-corrected chi connectivity index (χ4v) is 2.44. The van der Waals surface area contributed by atoms with E-state index in [9.17, 15) is 9.59 Å². The molecule has 0 aliphatic carbocycles. The molecule has 0 aromatic rings. The largest absolute Gasteiger partial charge is 0.480 e. The Balaban J connectivity index is 2.53. The Morgan fingerprint density at radius 2 is 2.31 bits per heavy atom. The predicted molar refractivity (Wildman–Crippen MR) is 63.3 cm³/mol. The highest BCUT2D eigenvalue weighted by atomic mass is 32.2. The van der Waals surface area contributed by atoms with Crippen molar-refractivity contribution in [2.45, 2.75) is 32.4 Å². The van der Waals surface area contributed by atoms with Gasteiger partial charge in [0.05, 0.1) is 6.04 Å². The van der Waals surface area contributed by atoms with Gasteiger partial charge in [-0.15, -0.1) is 11.8 Å². The van der Waals surface area contributed by atoms with Gasteiger partial charge in [0.2, 0.25) is 5.91 Å². The van der Waals surface area contributed by atoms with E-state index in [1.807, 2.05) is 13.8 Å². The maximum atomic E-state index is 11.7. The quantitative estimate of drug-likeness (QED) is 0.649. The molecule has 6 heteroatoms. The summed E-state index contributed by atoms with van der Waals surface area (Å²) in [5, 5.41) is 14.6. The van der Waals surface area contributed by atoms with Crippen LogP contribution in [-0.2, 0) is 9.59 Å². The summed E-state index contributed by atoms with van der Waals surface area (Å²) in [6.45, 7) is 3.74. The van der Waals surface area contributed by atoms with Crippen LogP contribution in [0, 0.1) is 5.92 Å². The first-order valence-corrected chi connectivity index (χ1v) is 6.56. The molecule has 1 amide bonds. The first-order chi connectivity index (χ1) is 7.56. The molecule has 1 rings (SSSR count). The number of aliphatic carboxylic acids is 1. The van der Waals surface area contributed by atoms with Crippen LogP contribution in [0.4, 0.5) is 0 Å². The summed E-state index contributed by atoms with van der Waals surface area (Å²) in [6.07, 6.45) is 0.726. The zero-order valence-electron chi connectivity index (χ0n) is 9.53. The number of carbonyl (C=O) groups is 2. The molecule has 0 radical (unpaired) electrons. The lowest BCUT2D eigenvalue weighted by Crippen LogP contribution is -2.51. The van der Waals surface area contributed by atoms with E-state index in [0.29, 0.717) is 5.75 Å². The number of carbonyl (C=O) groups excluding carboxylic acids is 1. The number of hydrogen-bond donors (Lipinski definition) is 3. The van der Waals surface area contributed by atoms with Crippen LogP contribution in [0.2, 0.25) is 0 Å². The van der Waals surface area contributed by atoms with Crippen molar-refractivity contribution in [2.24, 2.45) is 5.92 Å². The highest BCUT2D eigenvalue weighted by Gasteiger charge is 2.29. The van der Waals surface area contributed by atoms with Gasteiger partial charge >= 0.3 is 5.97 Å². The molecule has 1 heterocycles. The average Bonchev–Trinajstić information content (AvgIpc) is 2.77. The van der Waals surface area contributed by atoms with Gasteiger partial charge in [-0.3, -0.25) is 10.1 Å². The Morgan fingerprint density at radius 3 is 2.75 bits per heavy atom. The monoisotopic (exact) mass is 246 g/mol. The molecule has 1 aliphatic heterocycles. The van der Waals surface area contributed by atoms with Crippen LogP contribution in [0.3, 0.4) is 0 Å². The molecule has 1 saturated heterocycles. The van der Waals surface area contributed by atoms with Crippen LogP contribution >= 0.6 is 11.8 Å².